The molecule has 1 aromatic carbocycles. The number of hydrogen-bond donors (Lipinski definition) is 1. The average Bonchev–Trinajstić information content (AvgIpc) is 3.45. The van der Waals surface area contributed by atoms with Gasteiger partial charge in [0.05, 0.1) is 24.9 Å². The van der Waals surface area contributed by atoms with Crippen LogP contribution < -0.4 is 4.74 Å². The van der Waals surface area contributed by atoms with Gasteiger partial charge in [0.25, 0.3) is 0 Å². The molecule has 2 fully saturated rings. The number of benzene rings is 1. The molecule has 2 saturated heterocycles. The summed E-state index contributed by atoms with van der Waals surface area (Å²) in [4.78, 5) is 8.82. The van der Waals surface area contributed by atoms with E-state index < -0.39 is 6.10 Å². The van der Waals surface area contributed by atoms with Crippen molar-refractivity contribution in [2.24, 2.45) is 0 Å². The van der Waals surface area contributed by atoms with E-state index >= 15 is 0 Å². The molecule has 1 N–H and O–H groups in total. The van der Waals surface area contributed by atoms with Crippen LogP contribution in [-0.4, -0.2) is 51.2 Å². The molecule has 7 heteroatoms. The van der Waals surface area contributed by atoms with Crippen molar-refractivity contribution in [3.63, 3.8) is 0 Å². The van der Waals surface area contributed by atoms with Gasteiger partial charge in [-0.1, -0.05) is 18.2 Å². The molecule has 7 nitrogen and oxygen atoms in total. The summed E-state index contributed by atoms with van der Waals surface area (Å²) < 4.78 is 19.5. The molecule has 2 aliphatic heterocycles. The average molecular weight is 379 g/mol. The van der Waals surface area contributed by atoms with Crippen LogP contribution in [0.1, 0.15) is 11.7 Å². The fourth-order valence-electron chi connectivity index (χ4n) is 3.87. The lowest BCUT2D eigenvalue weighted by Gasteiger charge is -2.20. The van der Waals surface area contributed by atoms with Crippen LogP contribution in [0.25, 0.3) is 11.4 Å². The van der Waals surface area contributed by atoms with Crippen molar-refractivity contribution < 1.29 is 19.3 Å². The van der Waals surface area contributed by atoms with Gasteiger partial charge >= 0.3 is 0 Å². The number of aliphatic hydroxyl groups is 1. The molecular formula is C21H21N3O4. The number of aliphatic hydroxyl groups excluding tert-OH is 1. The summed E-state index contributed by atoms with van der Waals surface area (Å²) in [6, 6.07) is 13.6. The Morgan fingerprint density at radius 1 is 1.04 bits per heavy atom. The summed E-state index contributed by atoms with van der Waals surface area (Å²) in [6.07, 6.45) is 4.46. The zero-order chi connectivity index (χ0) is 18.9. The number of imidazole rings is 1. The number of fused-ring (bicyclic) bond motifs is 1. The Labute approximate surface area is 162 Å². The summed E-state index contributed by atoms with van der Waals surface area (Å²) in [5.41, 5.74) is 1.83. The van der Waals surface area contributed by atoms with Gasteiger partial charge in [0.1, 0.15) is 36.5 Å². The fourth-order valence-corrected chi connectivity index (χ4v) is 3.87. The molecule has 0 bridgehead atoms. The normalized spacial score (nSPS) is 26.3. The molecule has 3 aromatic rings. The molecule has 0 spiro atoms. The maximum Gasteiger partial charge on any atom is 0.140 e. The first kappa shape index (κ1) is 17.4. The van der Waals surface area contributed by atoms with Crippen molar-refractivity contribution in [2.75, 3.05) is 13.2 Å². The third-order valence-corrected chi connectivity index (χ3v) is 5.23. The zero-order valence-corrected chi connectivity index (χ0v) is 15.2. The number of nitrogens with zero attached hydrogens (tertiary/aromatic N) is 3. The standard InChI is InChI=1S/C21H21N3O4/c25-18-13-28-19-17(12-27-20(18)19)24-9-8-23-21(24)14-4-3-6-16(10-14)26-11-15-5-1-2-7-22-15/h1-10,17-20,25H,11-13H2/t17-,18-,19-,20-/m1/s1. The minimum absolute atomic E-state index is 0.0160. The van der Waals surface area contributed by atoms with Gasteiger partial charge in [-0.15, -0.1) is 0 Å². The molecule has 2 aromatic heterocycles. The van der Waals surface area contributed by atoms with Crippen LogP contribution >= 0.6 is 0 Å². The van der Waals surface area contributed by atoms with Crippen molar-refractivity contribution in [3.8, 4) is 17.1 Å². The van der Waals surface area contributed by atoms with Crippen molar-refractivity contribution in [1.82, 2.24) is 14.5 Å². The summed E-state index contributed by atoms with van der Waals surface area (Å²) in [5, 5.41) is 9.99. The second-order valence-corrected chi connectivity index (χ2v) is 7.03. The summed E-state index contributed by atoms with van der Waals surface area (Å²) in [6.45, 7) is 1.21. The molecule has 5 rings (SSSR count). The lowest BCUT2D eigenvalue weighted by molar-refractivity contribution is 0.0172. The first-order chi connectivity index (χ1) is 13.8. The second kappa shape index (κ2) is 7.35. The maximum absolute atomic E-state index is 9.99. The number of pyridine rings is 1. The Morgan fingerprint density at radius 2 is 1.96 bits per heavy atom. The van der Waals surface area contributed by atoms with Gasteiger partial charge in [-0.3, -0.25) is 4.98 Å². The quantitative estimate of drug-likeness (QED) is 0.732. The van der Waals surface area contributed by atoms with E-state index in [2.05, 4.69) is 14.5 Å². The van der Waals surface area contributed by atoms with E-state index in [0.717, 1.165) is 22.8 Å². The van der Waals surface area contributed by atoms with E-state index in [9.17, 15) is 5.11 Å². The molecule has 2 aliphatic rings. The second-order valence-electron chi connectivity index (χ2n) is 7.03. The van der Waals surface area contributed by atoms with E-state index in [1.165, 1.54) is 0 Å². The van der Waals surface area contributed by atoms with Crippen LogP contribution in [0.5, 0.6) is 5.75 Å². The Hall–Kier alpha value is -2.74. The smallest absolute Gasteiger partial charge is 0.140 e. The molecule has 0 radical (unpaired) electrons. The molecule has 0 aliphatic carbocycles. The van der Waals surface area contributed by atoms with Crippen LogP contribution in [0.4, 0.5) is 0 Å². The first-order valence-electron chi connectivity index (χ1n) is 9.37. The van der Waals surface area contributed by atoms with E-state index in [4.69, 9.17) is 14.2 Å². The van der Waals surface area contributed by atoms with Crippen molar-refractivity contribution in [3.05, 3.63) is 66.7 Å². The highest BCUT2D eigenvalue weighted by Gasteiger charge is 2.48. The molecule has 144 valence electrons. The lowest BCUT2D eigenvalue weighted by Crippen LogP contribution is -2.30. The van der Waals surface area contributed by atoms with Gasteiger partial charge in [-0.2, -0.15) is 0 Å². The van der Waals surface area contributed by atoms with Crippen molar-refractivity contribution in [2.45, 2.75) is 31.0 Å². The van der Waals surface area contributed by atoms with Crippen LogP contribution in [-0.2, 0) is 16.1 Å². The molecule has 4 heterocycles. The zero-order valence-electron chi connectivity index (χ0n) is 15.2. The monoisotopic (exact) mass is 379 g/mol. The third-order valence-electron chi connectivity index (χ3n) is 5.23. The van der Waals surface area contributed by atoms with Gasteiger partial charge < -0.3 is 23.9 Å². The third kappa shape index (κ3) is 3.17. The molecule has 0 saturated carbocycles. The van der Waals surface area contributed by atoms with E-state index in [-0.39, 0.29) is 18.2 Å². The van der Waals surface area contributed by atoms with Gasteiger partial charge in [-0.05, 0) is 24.3 Å². The maximum atomic E-state index is 9.99. The lowest BCUT2D eigenvalue weighted by atomic mass is 10.1. The Bertz CT molecular complexity index is 946. The van der Waals surface area contributed by atoms with Crippen LogP contribution in [0, 0.1) is 0 Å². The van der Waals surface area contributed by atoms with Crippen LogP contribution in [0.15, 0.2) is 61.1 Å². The number of aromatic nitrogens is 3. The molecule has 0 unspecified atom stereocenters. The number of hydrogen-bond acceptors (Lipinski definition) is 6. The Balaban J connectivity index is 1.37. The van der Waals surface area contributed by atoms with Gasteiger partial charge in [0.15, 0.2) is 0 Å². The van der Waals surface area contributed by atoms with Crippen LogP contribution in [0.2, 0.25) is 0 Å². The molecule has 4 atom stereocenters. The number of rotatable bonds is 5. The van der Waals surface area contributed by atoms with Gasteiger partial charge in [0, 0.05) is 24.2 Å². The van der Waals surface area contributed by atoms with E-state index in [0.29, 0.717) is 19.8 Å². The van der Waals surface area contributed by atoms with E-state index in [1.807, 2.05) is 48.7 Å². The highest BCUT2D eigenvalue weighted by molar-refractivity contribution is 5.58. The predicted molar refractivity (Wildman–Crippen MR) is 101 cm³/mol. The highest BCUT2D eigenvalue weighted by atomic mass is 16.6. The Morgan fingerprint density at radius 3 is 2.86 bits per heavy atom. The largest absolute Gasteiger partial charge is 0.487 e. The highest BCUT2D eigenvalue weighted by Crippen LogP contribution is 2.36. The topological polar surface area (TPSA) is 78.6 Å². The number of ether oxygens (including phenoxy) is 3. The summed E-state index contributed by atoms with van der Waals surface area (Å²) in [7, 11) is 0. The van der Waals surface area contributed by atoms with Gasteiger partial charge in [0.2, 0.25) is 0 Å². The van der Waals surface area contributed by atoms with Crippen LogP contribution in [0.3, 0.4) is 0 Å². The van der Waals surface area contributed by atoms with Crippen molar-refractivity contribution in [1.29, 1.82) is 0 Å². The SMILES string of the molecule is O[C@@H]1CO[C@H]2[C@@H]1OC[C@H]2n1ccnc1-c1cccc(OCc2ccccn2)c1. The fraction of sp³-hybridized carbons (Fsp3) is 0.333. The molecule has 28 heavy (non-hydrogen) atoms. The Kier molecular flexibility index (Phi) is 4.56. The van der Waals surface area contributed by atoms with Gasteiger partial charge in [-0.25, -0.2) is 4.98 Å². The summed E-state index contributed by atoms with van der Waals surface area (Å²) in [5.74, 6) is 1.58. The van der Waals surface area contributed by atoms with Crippen molar-refractivity contribution >= 4 is 0 Å². The molecular weight excluding hydrogens is 358 g/mol. The molecule has 0 amide bonds. The minimum Gasteiger partial charge on any atom is -0.487 e. The van der Waals surface area contributed by atoms with E-state index in [1.54, 1.807) is 12.4 Å². The first-order valence-corrected chi connectivity index (χ1v) is 9.37. The summed E-state index contributed by atoms with van der Waals surface area (Å²) >= 11 is 0. The predicted octanol–water partition coefficient (Wildman–Crippen LogP) is 2.22. The minimum atomic E-state index is -0.565.